The molecule has 0 aliphatic carbocycles. The first-order valence-electron chi connectivity index (χ1n) is 9.70. The van der Waals surface area contributed by atoms with E-state index in [9.17, 15) is 4.39 Å². The Labute approximate surface area is 179 Å². The van der Waals surface area contributed by atoms with Crippen LogP contribution in [-0.2, 0) is 0 Å². The maximum absolute atomic E-state index is 13.5. The van der Waals surface area contributed by atoms with E-state index in [0.717, 1.165) is 22.6 Å². The molecule has 3 heterocycles. The van der Waals surface area contributed by atoms with Crippen LogP contribution in [0.3, 0.4) is 0 Å². The van der Waals surface area contributed by atoms with Gasteiger partial charge in [0, 0.05) is 30.0 Å². The lowest BCUT2D eigenvalue weighted by molar-refractivity contribution is 0.567. The van der Waals surface area contributed by atoms with Gasteiger partial charge in [0.05, 0.1) is 17.8 Å². The molecule has 0 spiro atoms. The Morgan fingerprint density at radius 2 is 1.63 bits per heavy atom. The Hall–Kier alpha value is -3.51. The van der Waals surface area contributed by atoms with Crippen LogP contribution in [0.2, 0.25) is 0 Å². The molecular formula is C24H19FN4S. The average molecular weight is 415 g/mol. The second kappa shape index (κ2) is 7.72. The fourth-order valence-electron chi connectivity index (χ4n) is 3.92. The van der Waals surface area contributed by atoms with Crippen LogP contribution in [0.25, 0.3) is 5.69 Å². The summed E-state index contributed by atoms with van der Waals surface area (Å²) in [5.41, 5.74) is 3.91. The molecule has 4 aromatic rings. The molecule has 1 aliphatic rings. The number of hydrogen-bond donors (Lipinski definition) is 1. The van der Waals surface area contributed by atoms with Crippen LogP contribution in [0.5, 0.6) is 0 Å². The first kappa shape index (κ1) is 18.5. The molecule has 0 unspecified atom stereocenters. The molecule has 2 aromatic heterocycles. The summed E-state index contributed by atoms with van der Waals surface area (Å²) in [5.74, 6) is -0.273. The smallest absolute Gasteiger partial charge is 0.174 e. The van der Waals surface area contributed by atoms with Gasteiger partial charge in [0.2, 0.25) is 0 Å². The Morgan fingerprint density at radius 3 is 2.37 bits per heavy atom. The van der Waals surface area contributed by atoms with Crippen LogP contribution in [0.4, 0.5) is 10.1 Å². The third kappa shape index (κ3) is 3.35. The molecule has 148 valence electrons. The number of hydrogen-bond acceptors (Lipinski definition) is 2. The van der Waals surface area contributed by atoms with E-state index in [-0.39, 0.29) is 17.9 Å². The van der Waals surface area contributed by atoms with Gasteiger partial charge in [-0.25, -0.2) is 4.39 Å². The summed E-state index contributed by atoms with van der Waals surface area (Å²) >= 11 is 5.70. The molecule has 0 radical (unpaired) electrons. The van der Waals surface area contributed by atoms with E-state index in [0.29, 0.717) is 5.11 Å². The Balaban J connectivity index is 1.60. The number of thiocarbonyl (C=S) groups is 1. The predicted octanol–water partition coefficient (Wildman–Crippen LogP) is 5.19. The molecule has 0 amide bonds. The molecule has 6 heteroatoms. The van der Waals surface area contributed by atoms with Crippen molar-refractivity contribution in [3.05, 3.63) is 115 Å². The minimum Gasteiger partial charge on any atom is -0.351 e. The summed E-state index contributed by atoms with van der Waals surface area (Å²) in [6.07, 6.45) is 5.94. The third-order valence-corrected chi connectivity index (χ3v) is 5.63. The summed E-state index contributed by atoms with van der Waals surface area (Å²) in [6.45, 7) is 0. The van der Waals surface area contributed by atoms with Crippen molar-refractivity contribution in [3.63, 3.8) is 0 Å². The Bertz CT molecular complexity index is 1160. The molecule has 1 aliphatic heterocycles. The summed E-state index contributed by atoms with van der Waals surface area (Å²) in [5, 5.41) is 4.02. The summed E-state index contributed by atoms with van der Waals surface area (Å²) in [4.78, 5) is 6.60. The van der Waals surface area contributed by atoms with Gasteiger partial charge in [-0.05, 0) is 72.4 Å². The van der Waals surface area contributed by atoms with Crippen LogP contribution < -0.4 is 10.2 Å². The van der Waals surface area contributed by atoms with Crippen molar-refractivity contribution in [1.29, 1.82) is 0 Å². The molecule has 1 N–H and O–H groups in total. The Kier molecular flexibility index (Phi) is 4.77. The monoisotopic (exact) mass is 414 g/mol. The van der Waals surface area contributed by atoms with E-state index in [1.807, 2.05) is 47.5 Å². The van der Waals surface area contributed by atoms with Crippen molar-refractivity contribution in [2.45, 2.75) is 12.1 Å². The quantitative estimate of drug-likeness (QED) is 0.466. The highest BCUT2D eigenvalue weighted by Crippen LogP contribution is 2.41. The summed E-state index contributed by atoms with van der Waals surface area (Å²) < 4.78 is 15.6. The topological polar surface area (TPSA) is 33.1 Å². The number of benzene rings is 2. The van der Waals surface area contributed by atoms with Crippen LogP contribution >= 0.6 is 12.2 Å². The fourth-order valence-corrected chi connectivity index (χ4v) is 4.27. The second-order valence-electron chi connectivity index (χ2n) is 7.16. The maximum Gasteiger partial charge on any atom is 0.174 e. The molecule has 2 aromatic carbocycles. The van der Waals surface area contributed by atoms with E-state index >= 15 is 0 Å². The van der Waals surface area contributed by atoms with Crippen molar-refractivity contribution in [2.75, 3.05) is 4.90 Å². The van der Waals surface area contributed by atoms with E-state index in [2.05, 4.69) is 39.3 Å². The Morgan fingerprint density at radius 1 is 0.867 bits per heavy atom. The van der Waals surface area contributed by atoms with Crippen LogP contribution in [0.15, 0.2) is 97.5 Å². The van der Waals surface area contributed by atoms with Crippen molar-refractivity contribution in [2.24, 2.45) is 0 Å². The molecule has 2 atom stereocenters. The highest BCUT2D eigenvalue weighted by Gasteiger charge is 2.41. The lowest BCUT2D eigenvalue weighted by Gasteiger charge is -2.27. The van der Waals surface area contributed by atoms with Crippen LogP contribution in [0, 0.1) is 5.82 Å². The second-order valence-corrected chi connectivity index (χ2v) is 7.55. The van der Waals surface area contributed by atoms with Gasteiger partial charge in [-0.3, -0.25) is 4.98 Å². The lowest BCUT2D eigenvalue weighted by atomic mass is 9.98. The fraction of sp³-hybridized carbons (Fsp3) is 0.0833. The highest BCUT2D eigenvalue weighted by molar-refractivity contribution is 7.80. The number of nitrogens with one attached hydrogen (secondary N) is 1. The lowest BCUT2D eigenvalue weighted by Crippen LogP contribution is -2.29. The zero-order valence-corrected chi connectivity index (χ0v) is 16.8. The molecule has 1 saturated heterocycles. The number of anilines is 1. The van der Waals surface area contributed by atoms with Crippen molar-refractivity contribution in [3.8, 4) is 5.69 Å². The van der Waals surface area contributed by atoms with E-state index in [1.165, 1.54) is 12.1 Å². The predicted molar refractivity (Wildman–Crippen MR) is 120 cm³/mol. The SMILES string of the molecule is Fc1ccc(N2C(=S)N[C@@H](c3ccccn3)[C@H]2c2ccn(-c3ccccc3)c2)cc1. The first-order valence-corrected chi connectivity index (χ1v) is 10.1. The number of para-hydroxylation sites is 1. The van der Waals surface area contributed by atoms with E-state index in [1.54, 1.807) is 18.3 Å². The van der Waals surface area contributed by atoms with E-state index < -0.39 is 0 Å². The van der Waals surface area contributed by atoms with Gasteiger partial charge in [0.1, 0.15) is 5.82 Å². The van der Waals surface area contributed by atoms with Gasteiger partial charge in [0.15, 0.2) is 5.11 Å². The average Bonchev–Trinajstić information content (AvgIpc) is 3.40. The zero-order valence-electron chi connectivity index (χ0n) is 16.0. The largest absolute Gasteiger partial charge is 0.351 e. The van der Waals surface area contributed by atoms with Gasteiger partial charge in [0.25, 0.3) is 0 Å². The van der Waals surface area contributed by atoms with Gasteiger partial charge < -0.3 is 14.8 Å². The minimum absolute atomic E-state index is 0.122. The zero-order chi connectivity index (χ0) is 20.5. The number of nitrogens with zero attached hydrogens (tertiary/aromatic N) is 3. The maximum atomic E-state index is 13.5. The van der Waals surface area contributed by atoms with Crippen LogP contribution in [0.1, 0.15) is 23.3 Å². The molecule has 0 saturated carbocycles. The normalized spacial score (nSPS) is 18.4. The van der Waals surface area contributed by atoms with E-state index in [4.69, 9.17) is 12.2 Å². The number of aromatic nitrogens is 2. The first-order chi connectivity index (χ1) is 14.7. The molecule has 0 bridgehead atoms. The molecule has 30 heavy (non-hydrogen) atoms. The molecule has 5 rings (SSSR count). The third-order valence-electron chi connectivity index (χ3n) is 5.31. The summed E-state index contributed by atoms with van der Waals surface area (Å²) in [7, 11) is 0. The van der Waals surface area contributed by atoms with Gasteiger partial charge >= 0.3 is 0 Å². The van der Waals surface area contributed by atoms with Gasteiger partial charge in [-0.1, -0.05) is 24.3 Å². The molecule has 1 fully saturated rings. The number of pyridine rings is 1. The number of rotatable bonds is 4. The van der Waals surface area contributed by atoms with Crippen LogP contribution in [-0.4, -0.2) is 14.7 Å². The summed E-state index contributed by atoms with van der Waals surface area (Å²) in [6, 6.07) is 24.3. The van der Waals surface area contributed by atoms with Crippen molar-refractivity contribution in [1.82, 2.24) is 14.9 Å². The van der Waals surface area contributed by atoms with Gasteiger partial charge in [-0.15, -0.1) is 0 Å². The van der Waals surface area contributed by atoms with Crippen molar-refractivity contribution < 1.29 is 4.39 Å². The molecular weight excluding hydrogens is 395 g/mol. The minimum atomic E-state index is -0.273. The highest BCUT2D eigenvalue weighted by atomic mass is 32.1. The standard InChI is InChI=1S/C24H19FN4S/c25-18-9-11-20(12-10-18)29-23(22(27-24(29)30)21-8-4-5-14-26-21)17-13-15-28(16-17)19-6-2-1-3-7-19/h1-16,22-23H,(H,27,30)/t22-,23+/m0/s1. The number of halogens is 1. The van der Waals surface area contributed by atoms with Gasteiger partial charge in [-0.2, -0.15) is 0 Å². The van der Waals surface area contributed by atoms with Crippen molar-refractivity contribution >= 4 is 23.0 Å². The molecule has 4 nitrogen and oxygen atoms in total.